The molecule has 5 heteroatoms. The van der Waals surface area contributed by atoms with Gasteiger partial charge in [0.2, 0.25) is 0 Å². The van der Waals surface area contributed by atoms with E-state index in [1.807, 2.05) is 0 Å². The molecule has 3 N–H and O–H groups in total. The van der Waals surface area contributed by atoms with E-state index in [-0.39, 0.29) is 22.8 Å². The molecule has 0 spiro atoms. The highest BCUT2D eigenvalue weighted by atomic mass is 19.1. The third kappa shape index (κ3) is 2.30. The minimum absolute atomic E-state index is 0.0369. The number of hydrogen-bond acceptors (Lipinski definition) is 3. The van der Waals surface area contributed by atoms with Crippen molar-refractivity contribution >= 4 is 11.7 Å². The zero-order chi connectivity index (χ0) is 13.3. The van der Waals surface area contributed by atoms with Crippen LogP contribution in [0.25, 0.3) is 0 Å². The van der Waals surface area contributed by atoms with Gasteiger partial charge < -0.3 is 11.1 Å². The largest absolute Gasteiger partial charge is 0.381 e. The van der Waals surface area contributed by atoms with Crippen molar-refractivity contribution in [2.24, 2.45) is 5.41 Å². The van der Waals surface area contributed by atoms with Crippen molar-refractivity contribution in [3.8, 4) is 0 Å². The molecule has 1 aromatic heterocycles. The minimum Gasteiger partial charge on any atom is -0.381 e. The van der Waals surface area contributed by atoms with E-state index in [0.717, 1.165) is 19.3 Å². The summed E-state index contributed by atoms with van der Waals surface area (Å²) in [4.78, 5) is 15.6. The number of nitrogen functional groups attached to an aromatic ring is 1. The number of nitrogens with zero attached hydrogens (tertiary/aromatic N) is 1. The van der Waals surface area contributed by atoms with Gasteiger partial charge in [0.1, 0.15) is 0 Å². The van der Waals surface area contributed by atoms with E-state index in [1.54, 1.807) is 0 Å². The molecule has 1 amide bonds. The molecule has 1 saturated carbocycles. The molecule has 0 saturated heterocycles. The van der Waals surface area contributed by atoms with Crippen LogP contribution in [0.3, 0.4) is 0 Å². The molecule has 1 heterocycles. The van der Waals surface area contributed by atoms with Gasteiger partial charge in [-0.25, -0.2) is 9.37 Å². The fourth-order valence-corrected chi connectivity index (χ4v) is 2.47. The first-order valence-electron chi connectivity index (χ1n) is 6.12. The van der Waals surface area contributed by atoms with E-state index in [1.165, 1.54) is 12.3 Å². The minimum atomic E-state index is -0.745. The number of aromatic nitrogens is 1. The van der Waals surface area contributed by atoms with Gasteiger partial charge in [-0.1, -0.05) is 20.3 Å². The smallest absolute Gasteiger partial charge is 0.254 e. The first-order chi connectivity index (χ1) is 8.42. The second kappa shape index (κ2) is 4.55. The number of hydrogen-bond donors (Lipinski definition) is 2. The quantitative estimate of drug-likeness (QED) is 0.846. The topological polar surface area (TPSA) is 68.0 Å². The molecule has 18 heavy (non-hydrogen) atoms. The Balaban J connectivity index is 2.15. The summed E-state index contributed by atoms with van der Waals surface area (Å²) in [5.41, 5.74) is 5.38. The maximum Gasteiger partial charge on any atom is 0.254 e. The first kappa shape index (κ1) is 12.8. The van der Waals surface area contributed by atoms with Crippen LogP contribution >= 0.6 is 0 Å². The highest BCUT2D eigenvalue weighted by Gasteiger charge is 2.35. The van der Waals surface area contributed by atoms with Crippen molar-refractivity contribution < 1.29 is 9.18 Å². The molecule has 1 aliphatic carbocycles. The molecule has 1 unspecified atom stereocenters. The number of pyridine rings is 1. The van der Waals surface area contributed by atoms with Crippen molar-refractivity contribution in [3.05, 3.63) is 23.6 Å². The van der Waals surface area contributed by atoms with E-state index in [0.29, 0.717) is 0 Å². The van der Waals surface area contributed by atoms with E-state index < -0.39 is 11.7 Å². The predicted molar refractivity (Wildman–Crippen MR) is 67.5 cm³/mol. The predicted octanol–water partition coefficient (Wildman–Crippen LogP) is 2.11. The molecule has 1 aliphatic rings. The summed E-state index contributed by atoms with van der Waals surface area (Å²) >= 11 is 0. The molecule has 2 rings (SSSR count). The standard InChI is InChI=1S/C13H18FN3O/c1-13(2)6-3-4-9(13)17-12(18)8-5-7-16-11(15)10(8)14/h5,7,9H,3-4,6H2,1-2H3,(H2,15,16)(H,17,18). The Hall–Kier alpha value is -1.65. The van der Waals surface area contributed by atoms with Gasteiger partial charge in [-0.2, -0.15) is 0 Å². The molecule has 98 valence electrons. The van der Waals surface area contributed by atoms with Crippen molar-refractivity contribution in [1.29, 1.82) is 0 Å². The Kier molecular flexibility index (Phi) is 3.24. The lowest BCUT2D eigenvalue weighted by atomic mass is 9.87. The molecule has 1 atom stereocenters. The van der Waals surface area contributed by atoms with E-state index in [4.69, 9.17) is 5.73 Å². The van der Waals surface area contributed by atoms with Crippen LogP contribution in [0, 0.1) is 11.2 Å². The average Bonchev–Trinajstić information content (AvgIpc) is 2.62. The Morgan fingerprint density at radius 2 is 2.33 bits per heavy atom. The lowest BCUT2D eigenvalue weighted by molar-refractivity contribution is 0.0906. The van der Waals surface area contributed by atoms with Crippen LogP contribution < -0.4 is 11.1 Å². The number of nitrogens with two attached hydrogens (primary N) is 1. The highest BCUT2D eigenvalue weighted by molar-refractivity contribution is 5.95. The number of nitrogens with one attached hydrogen (secondary N) is 1. The van der Waals surface area contributed by atoms with Gasteiger partial charge in [-0.3, -0.25) is 4.79 Å². The van der Waals surface area contributed by atoms with Crippen LogP contribution in [-0.2, 0) is 0 Å². The molecule has 0 aliphatic heterocycles. The lowest BCUT2D eigenvalue weighted by Gasteiger charge is -2.27. The zero-order valence-electron chi connectivity index (χ0n) is 10.7. The fraction of sp³-hybridized carbons (Fsp3) is 0.538. The average molecular weight is 251 g/mol. The van der Waals surface area contributed by atoms with E-state index >= 15 is 0 Å². The van der Waals surface area contributed by atoms with Crippen molar-refractivity contribution in [1.82, 2.24) is 10.3 Å². The summed E-state index contributed by atoms with van der Waals surface area (Å²) in [6.07, 6.45) is 4.42. The molecule has 1 fully saturated rings. The van der Waals surface area contributed by atoms with Crippen LogP contribution in [-0.4, -0.2) is 16.9 Å². The van der Waals surface area contributed by atoms with Crippen molar-refractivity contribution in [3.63, 3.8) is 0 Å². The van der Waals surface area contributed by atoms with E-state index in [2.05, 4.69) is 24.1 Å². The van der Waals surface area contributed by atoms with Crippen LogP contribution in [0.5, 0.6) is 0 Å². The lowest BCUT2D eigenvalue weighted by Crippen LogP contribution is -2.41. The molecular weight excluding hydrogens is 233 g/mol. The van der Waals surface area contributed by atoms with Gasteiger partial charge in [0.15, 0.2) is 11.6 Å². The number of anilines is 1. The normalized spacial score (nSPS) is 21.8. The van der Waals surface area contributed by atoms with Gasteiger partial charge >= 0.3 is 0 Å². The number of rotatable bonds is 2. The van der Waals surface area contributed by atoms with Crippen LogP contribution in [0.4, 0.5) is 10.2 Å². The van der Waals surface area contributed by atoms with Gasteiger partial charge in [0.05, 0.1) is 5.56 Å². The second-order valence-electron chi connectivity index (χ2n) is 5.46. The van der Waals surface area contributed by atoms with Gasteiger partial charge in [-0.05, 0) is 24.3 Å². The van der Waals surface area contributed by atoms with Crippen molar-refractivity contribution in [2.45, 2.75) is 39.2 Å². The third-order valence-corrected chi connectivity index (χ3v) is 3.72. The molecule has 0 radical (unpaired) electrons. The Bertz CT molecular complexity index is 473. The van der Waals surface area contributed by atoms with Crippen LogP contribution in [0.1, 0.15) is 43.5 Å². The summed E-state index contributed by atoms with van der Waals surface area (Å²) in [6, 6.07) is 1.43. The summed E-state index contributed by atoms with van der Waals surface area (Å²) in [5.74, 6) is -1.40. The number of carbonyl (C=O) groups is 1. The van der Waals surface area contributed by atoms with Crippen molar-refractivity contribution in [2.75, 3.05) is 5.73 Å². The maximum atomic E-state index is 13.7. The third-order valence-electron chi connectivity index (χ3n) is 3.72. The number of amides is 1. The fourth-order valence-electron chi connectivity index (χ4n) is 2.47. The summed E-state index contributed by atoms with van der Waals surface area (Å²) < 4.78 is 13.7. The maximum absolute atomic E-state index is 13.7. The van der Waals surface area contributed by atoms with Gasteiger partial charge in [0, 0.05) is 12.2 Å². The Morgan fingerprint density at radius 3 is 2.94 bits per heavy atom. The summed E-state index contributed by atoms with van der Waals surface area (Å²) in [7, 11) is 0. The number of carbonyl (C=O) groups excluding carboxylic acids is 1. The van der Waals surface area contributed by atoms with Crippen LogP contribution in [0.2, 0.25) is 0 Å². The molecular formula is C13H18FN3O. The molecule has 1 aromatic rings. The molecule has 4 nitrogen and oxygen atoms in total. The van der Waals surface area contributed by atoms with Gasteiger partial charge in [0.25, 0.3) is 5.91 Å². The molecule has 0 bridgehead atoms. The Labute approximate surface area is 106 Å². The number of halogens is 1. The second-order valence-corrected chi connectivity index (χ2v) is 5.46. The zero-order valence-corrected chi connectivity index (χ0v) is 10.7. The van der Waals surface area contributed by atoms with Gasteiger partial charge in [-0.15, -0.1) is 0 Å². The first-order valence-corrected chi connectivity index (χ1v) is 6.12. The SMILES string of the molecule is CC1(C)CCCC1NC(=O)c1ccnc(N)c1F. The van der Waals surface area contributed by atoms with Crippen LogP contribution in [0.15, 0.2) is 12.3 Å². The summed E-state index contributed by atoms with van der Waals surface area (Å²) in [5, 5.41) is 2.89. The monoisotopic (exact) mass is 251 g/mol. The summed E-state index contributed by atoms with van der Waals surface area (Å²) in [6.45, 7) is 4.23. The highest BCUT2D eigenvalue weighted by Crippen LogP contribution is 2.37. The van der Waals surface area contributed by atoms with E-state index in [9.17, 15) is 9.18 Å². The molecule has 0 aromatic carbocycles. The Morgan fingerprint density at radius 1 is 1.61 bits per heavy atom.